The van der Waals surface area contributed by atoms with Gasteiger partial charge in [-0.05, 0) is 85.4 Å². The van der Waals surface area contributed by atoms with Crippen LogP contribution in [0.1, 0.15) is 47.7 Å². The van der Waals surface area contributed by atoms with E-state index in [1.165, 1.54) is 36.8 Å². The smallest absolute Gasteiger partial charge is 0.414 e. The minimum absolute atomic E-state index is 0.0135. The number of hydrogen-bond donors (Lipinski definition) is 2. The number of likely N-dealkylation sites (tertiary alicyclic amines) is 1. The van der Waals surface area contributed by atoms with Crippen molar-refractivity contribution in [1.82, 2.24) is 4.90 Å². The number of methoxy groups -OCH3 is 1. The number of carboxylic acids is 2. The molecule has 4 rings (SSSR count). The number of ketones is 1. The molecule has 1 saturated heterocycles. The van der Waals surface area contributed by atoms with Crippen LogP contribution in [-0.2, 0) is 9.59 Å². The zero-order valence-electron chi connectivity index (χ0n) is 23.4. The Balaban J connectivity index is 0.000000730. The molecule has 10 heteroatoms. The van der Waals surface area contributed by atoms with Gasteiger partial charge in [0.15, 0.2) is 17.3 Å². The van der Waals surface area contributed by atoms with Crippen molar-refractivity contribution in [2.45, 2.75) is 26.2 Å². The van der Waals surface area contributed by atoms with Crippen LogP contribution >= 0.6 is 0 Å². The Morgan fingerprint density at radius 3 is 1.74 bits per heavy atom. The Bertz CT molecular complexity index is 1350. The number of rotatable bonds is 9. The second-order valence-corrected chi connectivity index (χ2v) is 9.57. The van der Waals surface area contributed by atoms with Gasteiger partial charge in [0.25, 0.3) is 0 Å². The lowest BCUT2D eigenvalue weighted by molar-refractivity contribution is -0.159. The highest BCUT2D eigenvalue weighted by molar-refractivity contribution is 6.27. The van der Waals surface area contributed by atoms with E-state index in [0.29, 0.717) is 23.7 Å². The van der Waals surface area contributed by atoms with Crippen LogP contribution in [0.15, 0.2) is 72.3 Å². The van der Waals surface area contributed by atoms with E-state index < -0.39 is 11.9 Å². The summed E-state index contributed by atoms with van der Waals surface area (Å²) in [4.78, 5) is 32.2. The zero-order chi connectivity index (χ0) is 30.6. The van der Waals surface area contributed by atoms with Crippen molar-refractivity contribution in [3.8, 4) is 11.5 Å². The zero-order valence-corrected chi connectivity index (χ0v) is 23.4. The van der Waals surface area contributed by atoms with Crippen molar-refractivity contribution < 1.29 is 42.9 Å². The minimum atomic E-state index is -1.82. The molecule has 1 aliphatic rings. The second-order valence-electron chi connectivity index (χ2n) is 9.57. The highest BCUT2D eigenvalue weighted by Gasteiger charge is 2.19. The Morgan fingerprint density at radius 2 is 1.29 bits per heavy atom. The number of carbonyl (C=O) groups is 3. The first-order chi connectivity index (χ1) is 20.1. The van der Waals surface area contributed by atoms with Crippen molar-refractivity contribution in [2.24, 2.45) is 0 Å². The van der Waals surface area contributed by atoms with Crippen LogP contribution < -0.4 is 9.47 Å². The standard InChI is InChI=1S/C30H31F2NO3.C2H2O4/c1-21(34)25-8-13-28(29(20-25)35-2)36-19-3-16-33-17-14-24(15-18-33)30(22-4-9-26(31)10-5-22)23-6-11-27(32)12-7-23;3-1(4)2(5)6/h4-13,20H,3,14-19H2,1-2H3;(H,3,4)(H,5,6). The molecule has 222 valence electrons. The third-order valence-corrected chi connectivity index (χ3v) is 6.71. The molecule has 0 radical (unpaired) electrons. The SMILES string of the molecule is COc1cc(C(C)=O)ccc1OCCCN1CCC(=C(c2ccc(F)cc2)c2ccc(F)cc2)CC1.O=C(O)C(=O)O. The van der Waals surface area contributed by atoms with Crippen LogP contribution in [0.3, 0.4) is 0 Å². The molecule has 0 spiro atoms. The van der Waals surface area contributed by atoms with Crippen LogP contribution in [0.2, 0.25) is 0 Å². The average molecular weight is 582 g/mol. The summed E-state index contributed by atoms with van der Waals surface area (Å²) < 4.78 is 38.4. The van der Waals surface area contributed by atoms with Gasteiger partial charge in [-0.15, -0.1) is 0 Å². The molecular formula is C32H33F2NO7. The number of Topliss-reactive ketones (excluding diaryl/α,β-unsaturated/α-hetero) is 1. The van der Waals surface area contributed by atoms with E-state index in [4.69, 9.17) is 29.3 Å². The summed E-state index contributed by atoms with van der Waals surface area (Å²) >= 11 is 0. The van der Waals surface area contributed by atoms with Gasteiger partial charge in [0, 0.05) is 25.2 Å². The fourth-order valence-electron chi connectivity index (χ4n) is 4.58. The summed E-state index contributed by atoms with van der Waals surface area (Å²) in [6.45, 7) is 4.81. The predicted molar refractivity (Wildman–Crippen MR) is 153 cm³/mol. The van der Waals surface area contributed by atoms with E-state index in [-0.39, 0.29) is 17.4 Å². The molecule has 0 atom stereocenters. The Hall–Kier alpha value is -4.57. The summed E-state index contributed by atoms with van der Waals surface area (Å²) in [5, 5.41) is 14.8. The molecule has 0 saturated carbocycles. The first kappa shape index (κ1) is 32.0. The summed E-state index contributed by atoms with van der Waals surface area (Å²) in [5.74, 6) is -3.01. The van der Waals surface area contributed by atoms with Gasteiger partial charge in [-0.25, -0.2) is 18.4 Å². The van der Waals surface area contributed by atoms with Gasteiger partial charge in [0.05, 0.1) is 13.7 Å². The molecule has 3 aromatic rings. The molecular weight excluding hydrogens is 548 g/mol. The maximum absolute atomic E-state index is 13.5. The normalized spacial score (nSPS) is 13.0. The number of benzene rings is 3. The Kier molecular flexibility index (Phi) is 11.7. The topological polar surface area (TPSA) is 113 Å². The number of aliphatic carboxylic acids is 2. The molecule has 2 N–H and O–H groups in total. The third-order valence-electron chi connectivity index (χ3n) is 6.71. The highest BCUT2D eigenvalue weighted by Crippen LogP contribution is 2.33. The molecule has 1 aliphatic heterocycles. The van der Waals surface area contributed by atoms with E-state index in [1.54, 1.807) is 49.6 Å². The van der Waals surface area contributed by atoms with Crippen molar-refractivity contribution in [1.29, 1.82) is 0 Å². The monoisotopic (exact) mass is 581 g/mol. The predicted octanol–water partition coefficient (Wildman–Crippen LogP) is 5.70. The summed E-state index contributed by atoms with van der Waals surface area (Å²) in [7, 11) is 1.57. The van der Waals surface area contributed by atoms with Crippen LogP contribution in [0.25, 0.3) is 5.57 Å². The first-order valence-electron chi connectivity index (χ1n) is 13.3. The van der Waals surface area contributed by atoms with Gasteiger partial charge in [-0.3, -0.25) is 4.79 Å². The van der Waals surface area contributed by atoms with E-state index in [9.17, 15) is 13.6 Å². The molecule has 0 bridgehead atoms. The van der Waals surface area contributed by atoms with Gasteiger partial charge in [0.1, 0.15) is 11.6 Å². The van der Waals surface area contributed by atoms with Crippen LogP contribution in [0, 0.1) is 11.6 Å². The van der Waals surface area contributed by atoms with E-state index in [1.807, 2.05) is 0 Å². The number of halogens is 2. The van der Waals surface area contributed by atoms with Crippen molar-refractivity contribution >= 4 is 23.3 Å². The van der Waals surface area contributed by atoms with Gasteiger partial charge >= 0.3 is 11.9 Å². The lowest BCUT2D eigenvalue weighted by Crippen LogP contribution is -2.32. The van der Waals surface area contributed by atoms with Crippen molar-refractivity contribution in [3.05, 3.63) is 101 Å². The average Bonchev–Trinajstić information content (AvgIpc) is 2.98. The quantitative estimate of drug-likeness (QED) is 0.188. The maximum atomic E-state index is 13.5. The first-order valence-corrected chi connectivity index (χ1v) is 13.3. The fraction of sp³-hybridized carbons (Fsp3) is 0.281. The van der Waals surface area contributed by atoms with Gasteiger partial charge in [-0.1, -0.05) is 29.8 Å². The Morgan fingerprint density at radius 1 is 0.786 bits per heavy atom. The molecule has 3 aromatic carbocycles. The highest BCUT2D eigenvalue weighted by atomic mass is 19.1. The third kappa shape index (κ3) is 9.24. The second kappa shape index (κ2) is 15.4. The van der Waals surface area contributed by atoms with E-state index in [0.717, 1.165) is 55.6 Å². The van der Waals surface area contributed by atoms with Crippen molar-refractivity contribution in [3.63, 3.8) is 0 Å². The maximum Gasteiger partial charge on any atom is 0.414 e. The number of piperidine rings is 1. The molecule has 0 aliphatic carbocycles. The van der Waals surface area contributed by atoms with Crippen molar-refractivity contribution in [2.75, 3.05) is 33.4 Å². The summed E-state index contributed by atoms with van der Waals surface area (Å²) in [6, 6.07) is 18.3. The lowest BCUT2D eigenvalue weighted by atomic mass is 9.88. The number of carbonyl (C=O) groups excluding carboxylic acids is 1. The van der Waals surface area contributed by atoms with Crippen LogP contribution in [-0.4, -0.2) is 66.2 Å². The van der Waals surface area contributed by atoms with Gasteiger partial charge in [0.2, 0.25) is 0 Å². The summed E-state index contributed by atoms with van der Waals surface area (Å²) in [5.41, 5.74) is 4.86. The van der Waals surface area contributed by atoms with E-state index in [2.05, 4.69) is 4.90 Å². The molecule has 0 amide bonds. The number of nitrogens with zero attached hydrogens (tertiary/aromatic N) is 1. The molecule has 0 unspecified atom stereocenters. The van der Waals surface area contributed by atoms with Gasteiger partial charge in [-0.2, -0.15) is 0 Å². The van der Waals surface area contributed by atoms with Crippen LogP contribution in [0.5, 0.6) is 11.5 Å². The van der Waals surface area contributed by atoms with E-state index >= 15 is 0 Å². The minimum Gasteiger partial charge on any atom is -0.493 e. The lowest BCUT2D eigenvalue weighted by Gasteiger charge is -2.30. The Labute approximate surface area is 242 Å². The molecule has 1 heterocycles. The van der Waals surface area contributed by atoms with Gasteiger partial charge < -0.3 is 24.6 Å². The number of ether oxygens (including phenoxy) is 2. The van der Waals surface area contributed by atoms with Crippen LogP contribution in [0.4, 0.5) is 8.78 Å². The molecule has 8 nitrogen and oxygen atoms in total. The summed E-state index contributed by atoms with van der Waals surface area (Å²) in [6.07, 6.45) is 2.65. The number of hydrogen-bond acceptors (Lipinski definition) is 6. The molecule has 1 fully saturated rings. The largest absolute Gasteiger partial charge is 0.493 e. The molecule has 42 heavy (non-hydrogen) atoms. The fourth-order valence-corrected chi connectivity index (χ4v) is 4.58. The molecule has 0 aromatic heterocycles. The number of carboxylic acid groups (broad SMARTS) is 2.